The van der Waals surface area contributed by atoms with E-state index in [0.29, 0.717) is 6.04 Å². The van der Waals surface area contributed by atoms with Crippen molar-refractivity contribution < 1.29 is 0 Å². The van der Waals surface area contributed by atoms with E-state index < -0.39 is 0 Å². The second-order valence-corrected chi connectivity index (χ2v) is 5.56. The highest BCUT2D eigenvalue weighted by Gasteiger charge is 2.02. The Kier molecular flexibility index (Phi) is 4.74. The smallest absolute Gasteiger partial charge is 0.0361 e. The van der Waals surface area contributed by atoms with Gasteiger partial charge in [0.1, 0.15) is 0 Å². The summed E-state index contributed by atoms with van der Waals surface area (Å²) in [6.07, 6.45) is 3.84. The van der Waals surface area contributed by atoms with E-state index in [4.69, 9.17) is 0 Å². The van der Waals surface area contributed by atoms with Crippen LogP contribution in [0.3, 0.4) is 0 Å². The minimum absolute atomic E-state index is 0.484. The van der Waals surface area contributed by atoms with Crippen molar-refractivity contribution in [1.29, 1.82) is 0 Å². The molecule has 1 aromatic heterocycles. The van der Waals surface area contributed by atoms with Gasteiger partial charge in [0, 0.05) is 50.3 Å². The second kappa shape index (κ2) is 6.53. The summed E-state index contributed by atoms with van der Waals surface area (Å²) in [6, 6.07) is 11.2. The molecule has 0 bridgehead atoms. The summed E-state index contributed by atoms with van der Waals surface area (Å²) < 4.78 is 0. The lowest BCUT2D eigenvalue weighted by Crippen LogP contribution is -2.21. The summed E-state index contributed by atoms with van der Waals surface area (Å²) in [5.74, 6) is 0. The maximum absolute atomic E-state index is 4.35. The van der Waals surface area contributed by atoms with Gasteiger partial charge in [-0.3, -0.25) is 4.98 Å². The van der Waals surface area contributed by atoms with Crippen LogP contribution in [0.25, 0.3) is 11.1 Å². The van der Waals surface area contributed by atoms with Gasteiger partial charge < -0.3 is 10.2 Å². The molecule has 1 heterocycles. The van der Waals surface area contributed by atoms with Crippen LogP contribution in [0.2, 0.25) is 0 Å². The van der Waals surface area contributed by atoms with Crippen LogP contribution in [0.15, 0.2) is 42.7 Å². The minimum Gasteiger partial charge on any atom is -0.378 e. The molecule has 0 atom stereocenters. The van der Waals surface area contributed by atoms with Gasteiger partial charge in [0.15, 0.2) is 0 Å². The average Bonchev–Trinajstić information content (AvgIpc) is 2.45. The quantitative estimate of drug-likeness (QED) is 0.902. The molecule has 20 heavy (non-hydrogen) atoms. The summed E-state index contributed by atoms with van der Waals surface area (Å²) in [6.45, 7) is 5.16. The normalized spacial score (nSPS) is 10.8. The van der Waals surface area contributed by atoms with Crippen molar-refractivity contribution >= 4 is 5.69 Å². The summed E-state index contributed by atoms with van der Waals surface area (Å²) in [5.41, 5.74) is 4.79. The van der Waals surface area contributed by atoms with Crippen LogP contribution in [0.4, 0.5) is 5.69 Å². The molecule has 0 unspecified atom stereocenters. The molecule has 2 aromatic rings. The van der Waals surface area contributed by atoms with Gasteiger partial charge in [0.2, 0.25) is 0 Å². The first-order valence-electron chi connectivity index (χ1n) is 7.01. The van der Waals surface area contributed by atoms with Crippen molar-refractivity contribution in [2.75, 3.05) is 19.0 Å². The lowest BCUT2D eigenvalue weighted by molar-refractivity contribution is 0.588. The van der Waals surface area contributed by atoms with Crippen molar-refractivity contribution in [2.24, 2.45) is 0 Å². The van der Waals surface area contributed by atoms with Crippen LogP contribution in [0.5, 0.6) is 0 Å². The molecule has 0 aliphatic rings. The molecular formula is C17H23N3. The molecule has 1 N–H and O–H groups in total. The Morgan fingerprint density at radius 1 is 1.05 bits per heavy atom. The van der Waals surface area contributed by atoms with E-state index in [2.05, 4.69) is 73.5 Å². The zero-order valence-corrected chi connectivity index (χ0v) is 12.7. The predicted octanol–water partition coefficient (Wildman–Crippen LogP) is 3.31. The van der Waals surface area contributed by atoms with E-state index in [-0.39, 0.29) is 0 Å². The van der Waals surface area contributed by atoms with Crippen LogP contribution in [0.1, 0.15) is 19.4 Å². The Morgan fingerprint density at radius 3 is 2.35 bits per heavy atom. The molecule has 0 saturated heterocycles. The molecule has 0 radical (unpaired) electrons. The third-order valence-electron chi connectivity index (χ3n) is 3.23. The fraction of sp³-hybridized carbons (Fsp3) is 0.353. The number of nitrogens with one attached hydrogen (secondary N) is 1. The summed E-state index contributed by atoms with van der Waals surface area (Å²) >= 11 is 0. The van der Waals surface area contributed by atoms with E-state index in [1.807, 2.05) is 12.4 Å². The van der Waals surface area contributed by atoms with Crippen molar-refractivity contribution in [1.82, 2.24) is 10.3 Å². The standard InChI is InChI=1S/C17H23N3/c1-13(2)19-11-14-9-16(12-18-10-14)15-5-7-17(8-6-15)20(3)4/h5-10,12-13,19H,11H2,1-4H3. The van der Waals surface area contributed by atoms with Gasteiger partial charge in [-0.15, -0.1) is 0 Å². The monoisotopic (exact) mass is 269 g/mol. The van der Waals surface area contributed by atoms with Gasteiger partial charge in [-0.2, -0.15) is 0 Å². The zero-order chi connectivity index (χ0) is 14.5. The van der Waals surface area contributed by atoms with E-state index in [1.165, 1.54) is 22.4 Å². The van der Waals surface area contributed by atoms with Crippen LogP contribution in [0, 0.1) is 0 Å². The molecule has 0 aliphatic carbocycles. The van der Waals surface area contributed by atoms with Gasteiger partial charge in [0.05, 0.1) is 0 Å². The lowest BCUT2D eigenvalue weighted by atomic mass is 10.1. The van der Waals surface area contributed by atoms with Crippen LogP contribution in [-0.4, -0.2) is 25.1 Å². The van der Waals surface area contributed by atoms with Crippen LogP contribution < -0.4 is 10.2 Å². The maximum Gasteiger partial charge on any atom is 0.0361 e. The largest absolute Gasteiger partial charge is 0.378 e. The van der Waals surface area contributed by atoms with E-state index in [9.17, 15) is 0 Å². The highest BCUT2D eigenvalue weighted by Crippen LogP contribution is 2.22. The van der Waals surface area contributed by atoms with Crippen molar-refractivity contribution in [3.05, 3.63) is 48.3 Å². The van der Waals surface area contributed by atoms with Gasteiger partial charge in [-0.05, 0) is 29.3 Å². The Labute approximate surface area is 121 Å². The summed E-state index contributed by atoms with van der Waals surface area (Å²) in [5, 5.41) is 3.42. The fourth-order valence-electron chi connectivity index (χ4n) is 2.02. The third kappa shape index (κ3) is 3.81. The molecular weight excluding hydrogens is 246 g/mol. The Balaban J connectivity index is 2.17. The second-order valence-electron chi connectivity index (χ2n) is 5.56. The Morgan fingerprint density at radius 2 is 1.75 bits per heavy atom. The van der Waals surface area contributed by atoms with Gasteiger partial charge in [-0.25, -0.2) is 0 Å². The number of hydrogen-bond donors (Lipinski definition) is 1. The number of anilines is 1. The maximum atomic E-state index is 4.35. The molecule has 1 aromatic carbocycles. The molecule has 0 amide bonds. The van der Waals surface area contributed by atoms with Gasteiger partial charge in [-0.1, -0.05) is 26.0 Å². The van der Waals surface area contributed by atoms with Crippen LogP contribution in [-0.2, 0) is 6.54 Å². The van der Waals surface area contributed by atoms with Crippen molar-refractivity contribution in [3.8, 4) is 11.1 Å². The number of nitrogens with zero attached hydrogens (tertiary/aromatic N) is 2. The van der Waals surface area contributed by atoms with Crippen molar-refractivity contribution in [2.45, 2.75) is 26.4 Å². The molecule has 0 spiro atoms. The predicted molar refractivity (Wildman–Crippen MR) is 86.0 cm³/mol. The highest BCUT2D eigenvalue weighted by atomic mass is 15.1. The van der Waals surface area contributed by atoms with E-state index >= 15 is 0 Å². The number of pyridine rings is 1. The molecule has 3 heteroatoms. The first-order valence-corrected chi connectivity index (χ1v) is 7.01. The molecule has 0 aliphatic heterocycles. The molecule has 3 nitrogen and oxygen atoms in total. The fourth-order valence-corrected chi connectivity index (χ4v) is 2.02. The van der Waals surface area contributed by atoms with Gasteiger partial charge in [0.25, 0.3) is 0 Å². The number of hydrogen-bond acceptors (Lipinski definition) is 3. The molecule has 0 fully saturated rings. The van der Waals surface area contributed by atoms with E-state index in [0.717, 1.165) is 6.54 Å². The zero-order valence-electron chi connectivity index (χ0n) is 12.7. The first-order chi connectivity index (χ1) is 9.56. The number of aromatic nitrogens is 1. The minimum atomic E-state index is 0.484. The molecule has 106 valence electrons. The summed E-state index contributed by atoms with van der Waals surface area (Å²) in [7, 11) is 4.10. The average molecular weight is 269 g/mol. The number of benzene rings is 1. The lowest BCUT2D eigenvalue weighted by Gasteiger charge is -2.13. The Hall–Kier alpha value is -1.87. The SMILES string of the molecule is CC(C)NCc1cncc(-c2ccc(N(C)C)cc2)c1. The van der Waals surface area contributed by atoms with Crippen molar-refractivity contribution in [3.63, 3.8) is 0 Å². The number of rotatable bonds is 5. The summed E-state index contributed by atoms with van der Waals surface area (Å²) in [4.78, 5) is 6.45. The third-order valence-corrected chi connectivity index (χ3v) is 3.23. The van der Waals surface area contributed by atoms with Gasteiger partial charge >= 0.3 is 0 Å². The first kappa shape index (κ1) is 14.5. The topological polar surface area (TPSA) is 28.2 Å². The van der Waals surface area contributed by atoms with E-state index in [1.54, 1.807) is 0 Å². The molecule has 2 rings (SSSR count). The Bertz CT molecular complexity index is 544. The van der Waals surface area contributed by atoms with Crippen LogP contribution >= 0.6 is 0 Å². The molecule has 0 saturated carbocycles. The highest BCUT2D eigenvalue weighted by molar-refractivity contribution is 5.66.